The molecule has 1 fully saturated rings. The third-order valence-corrected chi connectivity index (χ3v) is 2.06. The van der Waals surface area contributed by atoms with Gasteiger partial charge in [0.1, 0.15) is 0 Å². The van der Waals surface area contributed by atoms with Crippen LogP contribution in [0.25, 0.3) is 0 Å². The van der Waals surface area contributed by atoms with Gasteiger partial charge in [-0.25, -0.2) is 0 Å². The molecule has 1 aliphatic rings. The second kappa shape index (κ2) is 9.38. The molecule has 0 N–H and O–H groups in total. The van der Waals surface area contributed by atoms with Crippen molar-refractivity contribution in [2.75, 3.05) is 6.61 Å². The van der Waals surface area contributed by atoms with Crippen LogP contribution in [-0.4, -0.2) is 12.6 Å². The molecule has 0 atom stereocenters. The normalized spacial score (nSPS) is 17.2. The molecule has 13 heavy (non-hydrogen) atoms. The Morgan fingerprint density at radius 2 is 2.08 bits per heavy atom. The van der Waals surface area contributed by atoms with Crippen molar-refractivity contribution < 1.29 is 24.3 Å². The number of rotatable bonds is 2. The van der Waals surface area contributed by atoms with Gasteiger partial charge < -0.3 is 11.2 Å². The number of ether oxygens (including phenoxy) is 1. The fraction of sp³-hybridized carbons (Fsp3) is 0.778. The van der Waals surface area contributed by atoms with Gasteiger partial charge in [-0.1, -0.05) is 12.8 Å². The minimum absolute atomic E-state index is 0.000556. The molecule has 1 saturated carbocycles. The fourth-order valence-electron chi connectivity index (χ4n) is 1.42. The van der Waals surface area contributed by atoms with E-state index in [-0.39, 0.29) is 11.9 Å². The minimum atomic E-state index is 0.000556. The summed E-state index contributed by atoms with van der Waals surface area (Å²) in [5.74, 6) is 0.181. The summed E-state index contributed by atoms with van der Waals surface area (Å²) in [5, 5.41) is 0. The van der Waals surface area contributed by atoms with Crippen LogP contribution in [0, 0.1) is 12.3 Å². The molecule has 2 nitrogen and oxygen atoms in total. The average Bonchev–Trinajstić information content (AvgIpc) is 2.23. The SMILES string of the molecule is CCOC(=O)C1CC[CH-]CC1.[Zn+][I]. The Morgan fingerprint density at radius 3 is 2.54 bits per heavy atom. The van der Waals surface area contributed by atoms with E-state index in [0.29, 0.717) is 6.61 Å². The average molecular weight is 348 g/mol. The van der Waals surface area contributed by atoms with Crippen molar-refractivity contribution in [2.45, 2.75) is 32.6 Å². The molecule has 0 spiro atoms. The molecule has 0 aromatic heterocycles. The molecule has 0 bridgehead atoms. The number of hydrogen-bond donors (Lipinski definition) is 0. The van der Waals surface area contributed by atoms with Crippen molar-refractivity contribution >= 4 is 25.7 Å². The Balaban J connectivity index is 0.000000671. The topological polar surface area (TPSA) is 26.3 Å². The number of carbonyl (C=O) groups excluding carboxylic acids is 1. The molecule has 0 saturated heterocycles. The van der Waals surface area contributed by atoms with E-state index in [2.05, 4.69) is 26.2 Å². The maximum atomic E-state index is 11.2. The Kier molecular flexibility index (Phi) is 9.98. The van der Waals surface area contributed by atoms with Gasteiger partial charge >= 0.3 is 40.5 Å². The van der Waals surface area contributed by atoms with Crippen LogP contribution in [0.1, 0.15) is 32.6 Å². The van der Waals surface area contributed by atoms with Crippen LogP contribution < -0.4 is 0 Å². The number of halogens is 1. The Bertz CT molecular complexity index is 136. The van der Waals surface area contributed by atoms with E-state index >= 15 is 0 Å². The summed E-state index contributed by atoms with van der Waals surface area (Å²) >= 11 is 3.62. The van der Waals surface area contributed by atoms with Gasteiger partial charge in [0.05, 0.1) is 12.5 Å². The van der Waals surface area contributed by atoms with Gasteiger partial charge in [-0.15, -0.1) is 0 Å². The van der Waals surface area contributed by atoms with Crippen molar-refractivity contribution in [1.29, 1.82) is 0 Å². The second-order valence-electron chi connectivity index (χ2n) is 2.89. The van der Waals surface area contributed by atoms with Gasteiger partial charge in [-0.2, -0.15) is 12.8 Å². The molecular weight excluding hydrogens is 332 g/mol. The summed E-state index contributed by atoms with van der Waals surface area (Å²) in [6.45, 7) is 2.37. The number of carbonyl (C=O) groups is 1. The van der Waals surface area contributed by atoms with E-state index in [4.69, 9.17) is 4.74 Å². The monoisotopic (exact) mass is 346 g/mol. The van der Waals surface area contributed by atoms with Crippen LogP contribution in [-0.2, 0) is 24.3 Å². The molecule has 0 heterocycles. The quantitative estimate of drug-likeness (QED) is 0.332. The standard InChI is InChI=1S/C9H15O2.HI.Zn/c1-2-11-9(10)8-6-4-3-5-7-8;;/h3,8H,2,4-7H2,1H3;1H;/q-1;;+2/p-1. The van der Waals surface area contributed by atoms with Crippen LogP contribution >= 0.6 is 19.8 Å². The van der Waals surface area contributed by atoms with Crippen LogP contribution in [0.5, 0.6) is 0 Å². The van der Waals surface area contributed by atoms with Gasteiger partial charge in [0.25, 0.3) is 0 Å². The van der Waals surface area contributed by atoms with Gasteiger partial charge in [0.2, 0.25) is 0 Å². The van der Waals surface area contributed by atoms with Crippen LogP contribution in [0.4, 0.5) is 0 Å². The van der Waals surface area contributed by atoms with Gasteiger partial charge in [0, 0.05) is 0 Å². The summed E-state index contributed by atoms with van der Waals surface area (Å²) in [5.41, 5.74) is 0. The van der Waals surface area contributed by atoms with Crippen molar-refractivity contribution in [1.82, 2.24) is 0 Å². The molecule has 0 unspecified atom stereocenters. The van der Waals surface area contributed by atoms with E-state index in [1.807, 2.05) is 6.92 Å². The van der Waals surface area contributed by atoms with Crippen molar-refractivity contribution in [3.05, 3.63) is 6.42 Å². The first-order valence-electron chi connectivity index (χ1n) is 4.59. The molecule has 0 aromatic rings. The van der Waals surface area contributed by atoms with E-state index in [1.165, 1.54) is 14.8 Å². The zero-order chi connectivity index (χ0) is 10.1. The van der Waals surface area contributed by atoms with Crippen molar-refractivity contribution in [2.24, 2.45) is 5.92 Å². The molecule has 0 amide bonds. The van der Waals surface area contributed by atoms with Gasteiger partial charge in [-0.3, -0.25) is 4.79 Å². The van der Waals surface area contributed by atoms with Crippen molar-refractivity contribution in [3.63, 3.8) is 0 Å². The summed E-state index contributed by atoms with van der Waals surface area (Å²) in [7, 11) is 0. The second-order valence-corrected chi connectivity index (χ2v) is 2.89. The van der Waals surface area contributed by atoms with E-state index < -0.39 is 0 Å². The molecular formula is C9H15IO2Zn. The Morgan fingerprint density at radius 1 is 1.54 bits per heavy atom. The molecule has 0 aromatic carbocycles. The summed E-state index contributed by atoms with van der Waals surface area (Å²) in [6.07, 6.45) is 6.36. The van der Waals surface area contributed by atoms with Crippen LogP contribution in [0.3, 0.4) is 0 Å². The maximum absolute atomic E-state index is 11.2. The van der Waals surface area contributed by atoms with Gasteiger partial charge in [-0.05, 0) is 6.92 Å². The number of esters is 1. The van der Waals surface area contributed by atoms with E-state index in [1.54, 1.807) is 0 Å². The predicted molar refractivity (Wildman–Crippen MR) is 56.9 cm³/mol. The first-order chi connectivity index (χ1) is 6.34. The van der Waals surface area contributed by atoms with Gasteiger partial charge in [0.15, 0.2) is 0 Å². The van der Waals surface area contributed by atoms with Crippen LogP contribution in [0.2, 0.25) is 0 Å². The summed E-state index contributed by atoms with van der Waals surface area (Å²) < 4.78 is 4.93. The third-order valence-electron chi connectivity index (χ3n) is 2.06. The van der Waals surface area contributed by atoms with Crippen LogP contribution in [0.15, 0.2) is 0 Å². The zero-order valence-electron chi connectivity index (χ0n) is 8.09. The zero-order valence-corrected chi connectivity index (χ0v) is 13.2. The molecule has 1 aliphatic carbocycles. The molecule has 0 radical (unpaired) electrons. The molecule has 0 aliphatic heterocycles. The summed E-state index contributed by atoms with van der Waals surface area (Å²) in [6, 6.07) is 0. The Labute approximate surface area is 101 Å². The molecule has 72 valence electrons. The Hall–Kier alpha value is 0.823. The molecule has 1 rings (SSSR count). The van der Waals surface area contributed by atoms with E-state index in [9.17, 15) is 4.79 Å². The van der Waals surface area contributed by atoms with Crippen molar-refractivity contribution in [3.8, 4) is 0 Å². The fourth-order valence-corrected chi connectivity index (χ4v) is 1.42. The first-order valence-corrected chi connectivity index (χ1v) is 13.6. The van der Waals surface area contributed by atoms with E-state index in [0.717, 1.165) is 25.7 Å². The third kappa shape index (κ3) is 6.00. The predicted octanol–water partition coefficient (Wildman–Crippen LogP) is 2.83. The number of hydrogen-bond acceptors (Lipinski definition) is 2. The first kappa shape index (κ1) is 13.8. The summed E-state index contributed by atoms with van der Waals surface area (Å²) in [4.78, 5) is 11.2. The molecule has 4 heteroatoms.